The number of ether oxygens (including phenoxy) is 3. The molecule has 1 saturated heterocycles. The zero-order chi connectivity index (χ0) is 37.5. The van der Waals surface area contributed by atoms with Crippen molar-refractivity contribution in [3.8, 4) is 11.5 Å². The van der Waals surface area contributed by atoms with Gasteiger partial charge in [0.2, 0.25) is 0 Å². The molecule has 7 atom stereocenters. The number of carbonyl (C=O) groups is 4. The van der Waals surface area contributed by atoms with Gasteiger partial charge < -0.3 is 40.2 Å². The molecule has 0 radical (unpaired) electrons. The van der Waals surface area contributed by atoms with Crippen LogP contribution in [0.25, 0.3) is 0 Å². The highest BCUT2D eigenvalue weighted by Gasteiger charge is 2.78. The first-order valence-electron chi connectivity index (χ1n) is 17.8. The third kappa shape index (κ3) is 6.22. The predicted octanol–water partition coefficient (Wildman–Crippen LogP) is 2.63. The van der Waals surface area contributed by atoms with Crippen LogP contribution in [0.2, 0.25) is 0 Å². The lowest BCUT2D eigenvalue weighted by Gasteiger charge is -2.54. The monoisotopic (exact) mass is 725 g/mol. The molecule has 2 heterocycles. The largest absolute Gasteiger partial charge is 0.504 e. The predicted molar refractivity (Wildman–Crippen MR) is 189 cm³/mol. The van der Waals surface area contributed by atoms with Gasteiger partial charge in [-0.2, -0.15) is 0 Å². The molecule has 13 heteroatoms. The van der Waals surface area contributed by atoms with Gasteiger partial charge in [-0.1, -0.05) is 66.7 Å². The number of phenolic OH excluding ortho intramolecular Hbond substituents is 1. The van der Waals surface area contributed by atoms with Crippen molar-refractivity contribution in [2.24, 2.45) is 5.92 Å². The molecule has 7 rings (SSSR count). The third-order valence-corrected chi connectivity index (χ3v) is 11.1. The summed E-state index contributed by atoms with van der Waals surface area (Å²) in [6.45, 7) is 2.49. The number of carbonyl (C=O) groups excluding carboxylic acids is 4. The Hall–Kier alpha value is -5.24. The van der Waals surface area contributed by atoms with Gasteiger partial charge >= 0.3 is 11.9 Å². The van der Waals surface area contributed by atoms with E-state index in [1.165, 1.54) is 0 Å². The summed E-state index contributed by atoms with van der Waals surface area (Å²) in [6, 6.07) is 20.1. The number of fused-ring (bicyclic) bond motifs is 3. The smallest absolute Gasteiger partial charge is 0.312 e. The molecule has 4 aliphatic rings. The van der Waals surface area contributed by atoms with Crippen molar-refractivity contribution < 1.29 is 48.7 Å². The minimum Gasteiger partial charge on any atom is -0.504 e. The number of rotatable bonds is 12. The highest BCUT2D eigenvalue weighted by atomic mass is 16.6. The zero-order valence-electron chi connectivity index (χ0n) is 29.5. The Morgan fingerprint density at radius 2 is 1.47 bits per heavy atom. The van der Waals surface area contributed by atoms with Crippen LogP contribution in [0.1, 0.15) is 60.1 Å². The number of hydrogen-bond acceptors (Lipinski definition) is 11. The van der Waals surface area contributed by atoms with E-state index in [4.69, 9.17) is 14.2 Å². The molecule has 3 aromatic carbocycles. The van der Waals surface area contributed by atoms with Crippen molar-refractivity contribution in [2.45, 2.75) is 68.0 Å². The number of aliphatic hydroxyl groups is 2. The van der Waals surface area contributed by atoms with Crippen LogP contribution < -0.4 is 15.4 Å². The Bertz CT molecular complexity index is 1940. The molecule has 53 heavy (non-hydrogen) atoms. The van der Waals surface area contributed by atoms with E-state index in [2.05, 4.69) is 15.5 Å². The number of aryl methyl sites for hydroxylation is 1. The topological polar surface area (TPSA) is 184 Å². The van der Waals surface area contributed by atoms with E-state index in [-0.39, 0.29) is 61.6 Å². The van der Waals surface area contributed by atoms with Crippen molar-refractivity contribution in [3.63, 3.8) is 0 Å². The molecule has 0 bridgehead atoms. The van der Waals surface area contributed by atoms with Gasteiger partial charge in [0.25, 0.3) is 11.8 Å². The molecule has 2 fully saturated rings. The molecule has 278 valence electrons. The van der Waals surface area contributed by atoms with Crippen LogP contribution in [-0.2, 0) is 34.1 Å². The number of benzene rings is 3. The number of likely N-dealkylation sites (N-methyl/N-ethyl adjacent to an activating group) is 1. The van der Waals surface area contributed by atoms with Crippen LogP contribution in [0.3, 0.4) is 0 Å². The molecule has 13 nitrogen and oxygen atoms in total. The number of aromatic hydroxyl groups is 1. The molecular weight excluding hydrogens is 682 g/mol. The number of esters is 2. The molecule has 3 aromatic rings. The highest BCUT2D eigenvalue weighted by molar-refractivity contribution is 5.83. The van der Waals surface area contributed by atoms with E-state index in [0.29, 0.717) is 23.1 Å². The highest BCUT2D eigenvalue weighted by Crippen LogP contribution is 2.69. The van der Waals surface area contributed by atoms with E-state index >= 15 is 0 Å². The summed E-state index contributed by atoms with van der Waals surface area (Å²) in [5.41, 5.74) is 0.155. The first-order valence-corrected chi connectivity index (χ1v) is 17.8. The molecule has 5 N–H and O–H groups in total. The summed E-state index contributed by atoms with van der Waals surface area (Å²) < 4.78 is 19.0. The first-order chi connectivity index (χ1) is 25.5. The molecule has 2 amide bonds. The molecule has 1 spiro atoms. The maximum absolute atomic E-state index is 13.8. The van der Waals surface area contributed by atoms with Gasteiger partial charge in [-0.3, -0.25) is 24.1 Å². The minimum absolute atomic E-state index is 0.0669. The molecule has 0 aromatic heterocycles. The van der Waals surface area contributed by atoms with E-state index in [9.17, 15) is 34.5 Å². The summed E-state index contributed by atoms with van der Waals surface area (Å²) in [5.74, 6) is -2.02. The SMILES string of the molecule is Cc1ccc(O)c2c1[C@]13CC4CN(C)[C@H]4[C@]1(OC(=O)CCNC(=O)[C@@H](O)c1ccccc1)CC=C(OC(=O)CCNC(=O)[C@@H](O)c1ccccc1)[C@@H]3O2. The second kappa shape index (κ2) is 14.3. The van der Waals surface area contributed by atoms with E-state index in [1.54, 1.807) is 78.9 Å². The molecule has 2 aliphatic heterocycles. The van der Waals surface area contributed by atoms with E-state index in [0.717, 1.165) is 12.1 Å². The number of hydrogen-bond donors (Lipinski definition) is 5. The van der Waals surface area contributed by atoms with Crippen LogP contribution in [-0.4, -0.2) is 88.4 Å². The summed E-state index contributed by atoms with van der Waals surface area (Å²) >= 11 is 0. The van der Waals surface area contributed by atoms with Crippen molar-refractivity contribution in [1.29, 1.82) is 0 Å². The summed E-state index contributed by atoms with van der Waals surface area (Å²) in [5, 5.41) is 37.1. The van der Waals surface area contributed by atoms with Crippen LogP contribution >= 0.6 is 0 Å². The number of phenols is 1. The lowest BCUT2D eigenvalue weighted by Crippen LogP contribution is -2.69. The Morgan fingerprint density at radius 3 is 2.06 bits per heavy atom. The summed E-state index contributed by atoms with van der Waals surface area (Å²) in [4.78, 5) is 54.4. The fraction of sp³-hybridized carbons (Fsp3) is 0.400. The van der Waals surface area contributed by atoms with Crippen molar-refractivity contribution >= 4 is 23.8 Å². The zero-order valence-corrected chi connectivity index (χ0v) is 29.5. The van der Waals surface area contributed by atoms with Crippen LogP contribution in [0, 0.1) is 12.8 Å². The molecule has 1 unspecified atom stereocenters. The average molecular weight is 726 g/mol. The Kier molecular flexibility index (Phi) is 9.75. The number of nitrogens with one attached hydrogen (secondary N) is 2. The van der Waals surface area contributed by atoms with Crippen molar-refractivity contribution in [3.05, 3.63) is 107 Å². The average Bonchev–Trinajstić information content (AvgIpc) is 3.63. The molecular formula is C40H43N3O10. The van der Waals surface area contributed by atoms with Crippen LogP contribution in [0.15, 0.2) is 84.6 Å². The fourth-order valence-corrected chi connectivity index (χ4v) is 8.93. The quantitative estimate of drug-likeness (QED) is 0.173. The number of likely N-dealkylation sites (tertiary alicyclic amines) is 1. The van der Waals surface area contributed by atoms with Gasteiger partial charge in [0.1, 0.15) is 11.4 Å². The second-order valence-corrected chi connectivity index (χ2v) is 14.3. The normalized spacial score (nSPS) is 26.2. The maximum atomic E-state index is 13.8. The number of aliphatic hydroxyl groups excluding tert-OH is 2. The third-order valence-electron chi connectivity index (χ3n) is 11.1. The Morgan fingerprint density at radius 1 is 0.887 bits per heavy atom. The number of amides is 2. The van der Waals surface area contributed by atoms with Gasteiger partial charge in [0, 0.05) is 31.6 Å². The van der Waals surface area contributed by atoms with Gasteiger partial charge in [0.05, 0.1) is 24.3 Å². The van der Waals surface area contributed by atoms with Crippen LogP contribution in [0.4, 0.5) is 0 Å². The fourth-order valence-electron chi connectivity index (χ4n) is 8.93. The molecule has 1 saturated carbocycles. The van der Waals surface area contributed by atoms with Gasteiger partial charge in [-0.15, -0.1) is 0 Å². The Labute approximate surface area is 306 Å². The lowest BCUT2D eigenvalue weighted by molar-refractivity contribution is -0.187. The minimum atomic E-state index is -1.39. The summed E-state index contributed by atoms with van der Waals surface area (Å²) in [6.07, 6.45) is -1.65. The van der Waals surface area contributed by atoms with Gasteiger partial charge in [-0.25, -0.2) is 0 Å². The van der Waals surface area contributed by atoms with Crippen molar-refractivity contribution in [2.75, 3.05) is 26.7 Å². The van der Waals surface area contributed by atoms with Crippen molar-refractivity contribution in [1.82, 2.24) is 15.5 Å². The number of nitrogens with zero attached hydrogens (tertiary/aromatic N) is 1. The first kappa shape index (κ1) is 36.1. The maximum Gasteiger partial charge on any atom is 0.312 e. The van der Waals surface area contributed by atoms with E-state index in [1.807, 2.05) is 14.0 Å². The lowest BCUT2D eigenvalue weighted by atomic mass is 9.60. The van der Waals surface area contributed by atoms with Crippen LogP contribution in [0.5, 0.6) is 11.5 Å². The van der Waals surface area contributed by atoms with Gasteiger partial charge in [-0.05, 0) is 55.1 Å². The summed E-state index contributed by atoms with van der Waals surface area (Å²) in [7, 11) is 1.96. The van der Waals surface area contributed by atoms with E-state index < -0.39 is 53.1 Å². The Balaban J connectivity index is 1.10. The second-order valence-electron chi connectivity index (χ2n) is 14.3. The standard InChI is InChI=1S/C40H43N3O10/c1-23-13-14-27(44)34-31(23)39-21-26-22-43(2)35(26)40(39,53-30(46)17-20-42-38(50)33(48)25-11-7-4-8-12-25)18-15-28(36(39)52-34)51-29(45)16-19-41-37(49)32(47)24-9-5-3-6-10-24/h3-15,26,32-33,35-36,44,47-48H,16-22H2,1-2H3,(H,41,49)(H,42,50)/t26?,32-,33-,35+,36-,39-,40+/m0/s1. The molecule has 2 aliphatic carbocycles. The van der Waals surface area contributed by atoms with Gasteiger partial charge in [0.15, 0.2) is 29.8 Å².